The zero-order chi connectivity index (χ0) is 55.8. The van der Waals surface area contributed by atoms with Gasteiger partial charge in [-0.15, -0.1) is 5.10 Å². The van der Waals surface area contributed by atoms with Crippen LogP contribution in [0.15, 0.2) is 30.5 Å². The summed E-state index contributed by atoms with van der Waals surface area (Å²) in [7, 11) is 5.04. The predicted octanol–water partition coefficient (Wildman–Crippen LogP) is 2.75. The lowest BCUT2D eigenvalue weighted by molar-refractivity contribution is -0.384. The molecule has 0 aliphatic carbocycles. The molecule has 2 aromatic rings. The Morgan fingerprint density at radius 3 is 2.18 bits per heavy atom. The van der Waals surface area contributed by atoms with E-state index in [-0.39, 0.29) is 37.4 Å². The molecule has 20 atom stereocenters. The standard InChI is InChI=1S/C41H78N2O14.C11H12N4O2/c1-15-30-41(11,51)34(47)25(6)42(12)19-21(2)17-39(9,50)36(57-38-32(46)28(16-22(3)53-38)43(13)20-29(45)26(7)44)23(4)33(24(5)37(49)55-30)56-31-18-40(10,52-14)35(48)27(8)54-31;1-9-8-14(13-12-9)7-6-10-2-4-11(5-3-10)15(16)17/h21-36,38,44-48,50-51H,15-20H2,1-14H3;2-5,8H,6-7H2,1H3/t21-,22-,23+,24-,25-,26?,27+,28+,29?,30-,31+,32-,33+,34-,35+,36-,38+,39-,40-,41-;/m1./s1. The Balaban J connectivity index is 0.000000583. The molecule has 7 N–H and O–H groups in total. The number of rotatable bonds is 14. The zero-order valence-corrected chi connectivity index (χ0v) is 46.3. The van der Waals surface area contributed by atoms with E-state index in [9.17, 15) is 50.7 Å². The van der Waals surface area contributed by atoms with Gasteiger partial charge in [-0.2, -0.15) is 0 Å². The van der Waals surface area contributed by atoms with Crippen molar-refractivity contribution in [2.24, 2.45) is 17.8 Å². The van der Waals surface area contributed by atoms with Gasteiger partial charge in [0.05, 0.1) is 64.4 Å². The van der Waals surface area contributed by atoms with E-state index in [4.69, 9.17) is 28.4 Å². The van der Waals surface area contributed by atoms with Gasteiger partial charge in [0.2, 0.25) is 0 Å². The molecule has 2 unspecified atom stereocenters. The Hall–Kier alpha value is -3.33. The van der Waals surface area contributed by atoms with Crippen LogP contribution in [0.3, 0.4) is 0 Å². The van der Waals surface area contributed by atoms with Crippen LogP contribution in [0.5, 0.6) is 0 Å². The molecule has 22 heteroatoms. The highest BCUT2D eigenvalue weighted by Crippen LogP contribution is 2.40. The van der Waals surface area contributed by atoms with E-state index in [1.807, 2.05) is 38.9 Å². The first-order valence-electron chi connectivity index (χ1n) is 26.1. The van der Waals surface area contributed by atoms with Crippen LogP contribution in [0, 0.1) is 34.8 Å². The molecule has 0 radical (unpaired) electrons. The Bertz CT molecular complexity index is 2050. The lowest BCUT2D eigenvalue weighted by Gasteiger charge is -2.49. The van der Waals surface area contributed by atoms with Crippen molar-refractivity contribution in [3.05, 3.63) is 51.8 Å². The fourth-order valence-corrected chi connectivity index (χ4v) is 10.8. The highest BCUT2D eigenvalue weighted by molar-refractivity contribution is 5.73. The van der Waals surface area contributed by atoms with Gasteiger partial charge >= 0.3 is 5.97 Å². The minimum atomic E-state index is -1.83. The molecule has 3 saturated heterocycles. The molecule has 1 aromatic carbocycles. The first kappa shape index (κ1) is 63.2. The second-order valence-corrected chi connectivity index (χ2v) is 22.2. The number of ether oxygens (including phenoxy) is 6. The molecule has 4 heterocycles. The predicted molar refractivity (Wildman–Crippen MR) is 272 cm³/mol. The number of hydrogen-bond acceptors (Lipinski definition) is 20. The molecule has 0 bridgehead atoms. The number of aliphatic hydroxyl groups excluding tert-OH is 5. The van der Waals surface area contributed by atoms with Crippen molar-refractivity contribution in [3.8, 4) is 0 Å². The van der Waals surface area contributed by atoms with E-state index in [1.165, 1.54) is 33.1 Å². The molecule has 22 nitrogen and oxygen atoms in total. The summed E-state index contributed by atoms with van der Waals surface area (Å²) in [4.78, 5) is 28.0. The number of methoxy groups -OCH3 is 1. The van der Waals surface area contributed by atoms with Gasteiger partial charge in [-0.3, -0.25) is 24.5 Å². The molecule has 0 saturated carbocycles. The Morgan fingerprint density at radius 2 is 1.62 bits per heavy atom. The fraction of sp³-hybridized carbons (Fsp3) is 0.827. The number of likely N-dealkylation sites (N-methyl/N-ethyl adjacent to an activating group) is 2. The van der Waals surface area contributed by atoms with Crippen LogP contribution in [-0.2, 0) is 46.2 Å². The van der Waals surface area contributed by atoms with Crippen LogP contribution in [0.2, 0.25) is 0 Å². The largest absolute Gasteiger partial charge is 0.459 e. The van der Waals surface area contributed by atoms with Gasteiger partial charge in [0.1, 0.15) is 30.0 Å². The normalized spacial score (nSPS) is 39.0. The number of carbonyl (C=O) groups excluding carboxylic acids is 1. The van der Waals surface area contributed by atoms with Crippen molar-refractivity contribution in [2.75, 3.05) is 34.3 Å². The summed E-state index contributed by atoms with van der Waals surface area (Å²) in [6.07, 6.45) is -8.80. The number of nitro groups is 1. The number of non-ortho nitro benzene ring substituents is 1. The van der Waals surface area contributed by atoms with Gasteiger partial charge in [-0.05, 0) is 114 Å². The maximum atomic E-state index is 14.3. The Kier molecular flexibility index (Phi) is 22.9. The van der Waals surface area contributed by atoms with Crippen molar-refractivity contribution in [1.29, 1.82) is 0 Å². The van der Waals surface area contributed by atoms with Crippen LogP contribution in [0.4, 0.5) is 5.69 Å². The maximum absolute atomic E-state index is 14.3. The number of nitro benzene ring substituents is 1. The first-order valence-corrected chi connectivity index (χ1v) is 26.1. The van der Waals surface area contributed by atoms with Gasteiger partial charge in [-0.1, -0.05) is 38.1 Å². The van der Waals surface area contributed by atoms with Gasteiger partial charge < -0.3 is 69.1 Å². The monoisotopic (exact) mass is 1050 g/mol. The second-order valence-electron chi connectivity index (χ2n) is 22.2. The Labute approximate surface area is 437 Å². The lowest BCUT2D eigenvalue weighted by atomic mass is 9.77. The summed E-state index contributed by atoms with van der Waals surface area (Å²) >= 11 is 0. The fourth-order valence-electron chi connectivity index (χ4n) is 10.8. The minimum Gasteiger partial charge on any atom is -0.459 e. The van der Waals surface area contributed by atoms with Crippen LogP contribution in [0.25, 0.3) is 0 Å². The van der Waals surface area contributed by atoms with E-state index in [1.54, 1.807) is 77.2 Å². The quantitative estimate of drug-likeness (QED) is 0.0813. The summed E-state index contributed by atoms with van der Waals surface area (Å²) in [5.74, 6) is -2.83. The first-order chi connectivity index (χ1) is 34.4. The summed E-state index contributed by atoms with van der Waals surface area (Å²) in [5.41, 5.74) is -2.49. The van der Waals surface area contributed by atoms with Crippen molar-refractivity contribution in [3.63, 3.8) is 0 Å². The van der Waals surface area contributed by atoms with Gasteiger partial charge in [0.15, 0.2) is 12.6 Å². The van der Waals surface area contributed by atoms with Crippen LogP contribution >= 0.6 is 0 Å². The molecule has 1 aromatic heterocycles. The molecule has 5 rings (SSSR count). The highest BCUT2D eigenvalue weighted by atomic mass is 16.7. The number of benzene rings is 1. The number of aromatic nitrogens is 3. The van der Waals surface area contributed by atoms with Gasteiger partial charge in [0.25, 0.3) is 5.69 Å². The van der Waals surface area contributed by atoms with Crippen molar-refractivity contribution < 1.29 is 73.9 Å². The van der Waals surface area contributed by atoms with E-state index in [0.717, 1.165) is 24.2 Å². The number of cyclic esters (lactones) is 1. The number of nitrogens with zero attached hydrogens (tertiary/aromatic N) is 6. The second kappa shape index (κ2) is 26.8. The number of hydrogen-bond donors (Lipinski definition) is 7. The van der Waals surface area contributed by atoms with Gasteiger partial charge in [-0.25, -0.2) is 0 Å². The number of aryl methyl sites for hydroxylation is 3. The maximum Gasteiger partial charge on any atom is 0.311 e. The average molecular weight is 1060 g/mol. The number of esters is 1. The summed E-state index contributed by atoms with van der Waals surface area (Å²) in [6.45, 7) is 21.8. The summed E-state index contributed by atoms with van der Waals surface area (Å²) < 4.78 is 39.4. The number of carbonyl (C=O) groups is 1. The average Bonchev–Trinajstić information content (AvgIpc) is 3.76. The van der Waals surface area contributed by atoms with Crippen LogP contribution in [-0.4, -0.2) is 208 Å². The molecule has 3 aliphatic heterocycles. The SMILES string of the molecule is CC[C@H]1OC(=O)[C@H](C)[C@@H](O[C@H]2C[C@@](C)(OC)[C@@H](O)[C@H](C)O2)[C@H](C)[C@@H](O[C@@H]2O[C@H](C)C[C@H](N(C)CC(O)C(C)O)[C@H]2O)[C@](C)(O)C[C@@H](C)CN(C)[C@H](C)[C@@H](O)[C@]1(C)O.Cc1cn(CCc2ccc([N+](=O)[O-])cc2)nn1. The third kappa shape index (κ3) is 16.1. The van der Waals surface area contributed by atoms with Crippen LogP contribution < -0.4 is 0 Å². The highest BCUT2D eigenvalue weighted by Gasteiger charge is 2.53. The summed E-state index contributed by atoms with van der Waals surface area (Å²) in [5, 5.41) is 97.4. The third-order valence-electron chi connectivity index (χ3n) is 15.6. The smallest absolute Gasteiger partial charge is 0.311 e. The van der Waals surface area contributed by atoms with Crippen molar-refractivity contribution >= 4 is 11.7 Å². The van der Waals surface area contributed by atoms with Gasteiger partial charge in [0, 0.05) is 69.5 Å². The molecule has 0 spiro atoms. The summed E-state index contributed by atoms with van der Waals surface area (Å²) in [6, 6.07) is 5.44. The van der Waals surface area contributed by atoms with E-state index < -0.39 is 125 Å². The van der Waals surface area contributed by atoms with E-state index in [0.29, 0.717) is 13.0 Å². The third-order valence-corrected chi connectivity index (χ3v) is 15.6. The molecule has 74 heavy (non-hydrogen) atoms. The number of aliphatic hydroxyl groups is 7. The molecule has 3 aliphatic rings. The van der Waals surface area contributed by atoms with Crippen molar-refractivity contribution in [2.45, 2.75) is 224 Å². The topological polar surface area (TPSA) is 294 Å². The zero-order valence-electron chi connectivity index (χ0n) is 46.3. The van der Waals surface area contributed by atoms with Crippen molar-refractivity contribution in [1.82, 2.24) is 24.8 Å². The van der Waals surface area contributed by atoms with E-state index in [2.05, 4.69) is 10.3 Å². The lowest BCUT2D eigenvalue weighted by Crippen LogP contribution is -2.61. The molecular formula is C52H90N6O16. The molecular weight excluding hydrogens is 965 g/mol. The minimum absolute atomic E-state index is 0.0740. The van der Waals surface area contributed by atoms with E-state index >= 15 is 0 Å². The Morgan fingerprint density at radius 1 is 0.986 bits per heavy atom. The molecule has 3 fully saturated rings. The molecule has 424 valence electrons. The van der Waals surface area contributed by atoms with Crippen LogP contribution in [0.1, 0.15) is 113 Å². The molecule has 0 amide bonds.